The van der Waals surface area contributed by atoms with Crippen LogP contribution >= 0.6 is 0 Å². The molecule has 3 rings (SSSR count). The summed E-state index contributed by atoms with van der Waals surface area (Å²) in [4.78, 5) is 23.9. The second kappa shape index (κ2) is 6.83. The molecule has 0 aromatic carbocycles. The highest BCUT2D eigenvalue weighted by atomic mass is 16.1. The van der Waals surface area contributed by atoms with E-state index < -0.39 is 0 Å². The molecule has 6 heteroatoms. The van der Waals surface area contributed by atoms with Crippen molar-refractivity contribution in [3.8, 4) is 0 Å². The zero-order valence-corrected chi connectivity index (χ0v) is 14.1. The van der Waals surface area contributed by atoms with Gasteiger partial charge in [-0.1, -0.05) is 20.3 Å². The first kappa shape index (κ1) is 16.2. The molecule has 3 N–H and O–H groups in total. The average molecular weight is 317 g/mol. The number of fused-ring (bicyclic) bond motifs is 1. The molecule has 2 aliphatic rings. The van der Waals surface area contributed by atoms with E-state index in [2.05, 4.69) is 29.0 Å². The van der Waals surface area contributed by atoms with Crippen molar-refractivity contribution in [2.45, 2.75) is 52.0 Å². The summed E-state index contributed by atoms with van der Waals surface area (Å²) < 4.78 is 0. The third kappa shape index (κ3) is 3.63. The first-order valence-corrected chi connectivity index (χ1v) is 8.73. The topological polar surface area (TPSA) is 84.1 Å². The molecule has 1 amide bonds. The van der Waals surface area contributed by atoms with Crippen LogP contribution in [0, 0.1) is 5.92 Å². The molecule has 0 spiro atoms. The van der Waals surface area contributed by atoms with Crippen LogP contribution in [0.1, 0.15) is 55.0 Å². The fourth-order valence-corrected chi connectivity index (χ4v) is 3.41. The zero-order valence-electron chi connectivity index (χ0n) is 14.1. The molecule has 1 atom stereocenters. The van der Waals surface area contributed by atoms with E-state index in [1.54, 1.807) is 0 Å². The normalized spacial score (nSPS) is 21.8. The molecule has 1 unspecified atom stereocenters. The Balaban J connectivity index is 2.02. The quantitative estimate of drug-likeness (QED) is 0.877. The Morgan fingerprint density at radius 1 is 1.35 bits per heavy atom. The van der Waals surface area contributed by atoms with Gasteiger partial charge in [-0.15, -0.1) is 0 Å². The van der Waals surface area contributed by atoms with Gasteiger partial charge in [0.15, 0.2) is 0 Å². The molecule has 0 bridgehead atoms. The van der Waals surface area contributed by atoms with Crippen molar-refractivity contribution in [3.05, 3.63) is 17.1 Å². The molecular weight excluding hydrogens is 290 g/mol. The van der Waals surface area contributed by atoms with Gasteiger partial charge in [0, 0.05) is 37.7 Å². The zero-order chi connectivity index (χ0) is 16.4. The van der Waals surface area contributed by atoms with Crippen molar-refractivity contribution >= 4 is 11.7 Å². The molecule has 1 aromatic rings. The second-order valence-corrected chi connectivity index (χ2v) is 7.10. The van der Waals surface area contributed by atoms with Gasteiger partial charge in [-0.05, 0) is 25.2 Å². The molecule has 0 aliphatic carbocycles. The Bertz CT molecular complexity index is 587. The predicted octanol–water partition coefficient (Wildman–Crippen LogP) is 1.28. The largest absolute Gasteiger partial charge is 0.355 e. The molecule has 3 heterocycles. The molecule has 1 fully saturated rings. The van der Waals surface area contributed by atoms with Crippen LogP contribution in [0.25, 0.3) is 0 Å². The van der Waals surface area contributed by atoms with Crippen LogP contribution in [0.2, 0.25) is 0 Å². The van der Waals surface area contributed by atoms with E-state index in [1.807, 2.05) is 0 Å². The maximum atomic E-state index is 12.2. The molecule has 1 saturated heterocycles. The van der Waals surface area contributed by atoms with Crippen LogP contribution < -0.4 is 16.0 Å². The summed E-state index contributed by atoms with van der Waals surface area (Å²) >= 11 is 0. The Morgan fingerprint density at radius 3 is 2.96 bits per heavy atom. The Morgan fingerprint density at radius 2 is 2.17 bits per heavy atom. The predicted molar refractivity (Wildman–Crippen MR) is 90.7 cm³/mol. The highest BCUT2D eigenvalue weighted by Crippen LogP contribution is 2.26. The monoisotopic (exact) mass is 317 g/mol. The number of hydrogen-bond donors (Lipinski definition) is 2. The fraction of sp³-hybridized carbons (Fsp3) is 0.706. The molecule has 2 aliphatic heterocycles. The number of aromatic nitrogens is 2. The number of nitrogens with two attached hydrogens (primary N) is 1. The van der Waals surface area contributed by atoms with Gasteiger partial charge in [-0.2, -0.15) is 0 Å². The molecule has 1 aromatic heterocycles. The van der Waals surface area contributed by atoms with Crippen molar-refractivity contribution in [2.24, 2.45) is 11.7 Å². The summed E-state index contributed by atoms with van der Waals surface area (Å²) in [6.07, 6.45) is 4.92. The molecule has 0 radical (unpaired) electrons. The van der Waals surface area contributed by atoms with Crippen molar-refractivity contribution in [1.82, 2.24) is 15.3 Å². The Hall–Kier alpha value is -1.69. The maximum Gasteiger partial charge on any atom is 0.270 e. The van der Waals surface area contributed by atoms with E-state index in [0.717, 1.165) is 62.4 Å². The van der Waals surface area contributed by atoms with Crippen molar-refractivity contribution in [1.29, 1.82) is 0 Å². The molecule has 0 saturated carbocycles. The summed E-state index contributed by atoms with van der Waals surface area (Å²) in [6.45, 7) is 6.71. The molecular formula is C17H27N5O. The Labute approximate surface area is 137 Å². The van der Waals surface area contributed by atoms with Crippen molar-refractivity contribution in [2.75, 3.05) is 24.5 Å². The molecule has 6 nitrogen and oxygen atoms in total. The first-order valence-electron chi connectivity index (χ1n) is 8.73. The minimum atomic E-state index is -0.0703. The van der Waals surface area contributed by atoms with Gasteiger partial charge in [0.1, 0.15) is 17.3 Å². The van der Waals surface area contributed by atoms with Crippen LogP contribution in [0.15, 0.2) is 0 Å². The lowest BCUT2D eigenvalue weighted by Crippen LogP contribution is -2.40. The summed E-state index contributed by atoms with van der Waals surface area (Å²) in [7, 11) is 0. The van der Waals surface area contributed by atoms with E-state index in [9.17, 15) is 4.79 Å². The van der Waals surface area contributed by atoms with E-state index in [-0.39, 0.29) is 11.9 Å². The lowest BCUT2D eigenvalue weighted by atomic mass is 10.0. The van der Waals surface area contributed by atoms with E-state index >= 15 is 0 Å². The highest BCUT2D eigenvalue weighted by Gasteiger charge is 2.27. The summed E-state index contributed by atoms with van der Waals surface area (Å²) in [5, 5.41) is 2.90. The lowest BCUT2D eigenvalue weighted by Gasteiger charge is -2.29. The number of nitrogens with one attached hydrogen (secondary N) is 1. The van der Waals surface area contributed by atoms with Gasteiger partial charge in [0.05, 0.1) is 0 Å². The highest BCUT2D eigenvalue weighted by molar-refractivity contribution is 5.96. The van der Waals surface area contributed by atoms with Gasteiger partial charge < -0.3 is 16.0 Å². The second-order valence-electron chi connectivity index (χ2n) is 7.10. The SMILES string of the molecule is CC(C)Cc1nc2c(c(N3CCCCC(N)C3)n1)CCNC2=O. The third-order valence-electron chi connectivity index (χ3n) is 4.51. The van der Waals surface area contributed by atoms with E-state index in [4.69, 9.17) is 10.7 Å². The van der Waals surface area contributed by atoms with Crippen molar-refractivity contribution in [3.63, 3.8) is 0 Å². The van der Waals surface area contributed by atoms with Crippen LogP contribution in [-0.2, 0) is 12.8 Å². The number of amides is 1. The minimum absolute atomic E-state index is 0.0703. The van der Waals surface area contributed by atoms with Gasteiger partial charge >= 0.3 is 0 Å². The summed E-state index contributed by atoms with van der Waals surface area (Å²) in [5.41, 5.74) is 7.78. The number of rotatable bonds is 3. The number of carbonyl (C=O) groups is 1. The standard InChI is InChI=1S/C17H27N5O/c1-11(2)9-14-20-15-13(6-7-19-17(15)23)16(21-14)22-8-4-3-5-12(18)10-22/h11-12H,3-10,18H2,1-2H3,(H,19,23). The van der Waals surface area contributed by atoms with Gasteiger partial charge in [-0.3, -0.25) is 4.79 Å². The van der Waals surface area contributed by atoms with E-state index in [1.165, 1.54) is 0 Å². The van der Waals surface area contributed by atoms with Crippen LogP contribution in [0.3, 0.4) is 0 Å². The van der Waals surface area contributed by atoms with E-state index in [0.29, 0.717) is 18.2 Å². The number of nitrogens with zero attached hydrogens (tertiary/aromatic N) is 3. The third-order valence-corrected chi connectivity index (χ3v) is 4.51. The average Bonchev–Trinajstić information content (AvgIpc) is 2.71. The van der Waals surface area contributed by atoms with Gasteiger partial charge in [0.2, 0.25) is 0 Å². The molecule has 126 valence electrons. The first-order chi connectivity index (χ1) is 11.0. The van der Waals surface area contributed by atoms with Gasteiger partial charge in [-0.25, -0.2) is 9.97 Å². The fourth-order valence-electron chi connectivity index (χ4n) is 3.41. The lowest BCUT2D eigenvalue weighted by molar-refractivity contribution is 0.0940. The number of hydrogen-bond acceptors (Lipinski definition) is 5. The minimum Gasteiger partial charge on any atom is -0.355 e. The number of carbonyl (C=O) groups excluding carboxylic acids is 1. The summed E-state index contributed by atoms with van der Waals surface area (Å²) in [5.74, 6) is 2.10. The van der Waals surface area contributed by atoms with Crippen LogP contribution in [-0.4, -0.2) is 41.6 Å². The maximum absolute atomic E-state index is 12.2. The summed E-state index contributed by atoms with van der Waals surface area (Å²) in [6, 6.07) is 0.175. The number of anilines is 1. The smallest absolute Gasteiger partial charge is 0.270 e. The van der Waals surface area contributed by atoms with Crippen LogP contribution in [0.5, 0.6) is 0 Å². The Kier molecular flexibility index (Phi) is 4.80. The molecule has 23 heavy (non-hydrogen) atoms. The van der Waals surface area contributed by atoms with Crippen LogP contribution in [0.4, 0.5) is 5.82 Å². The van der Waals surface area contributed by atoms with Crippen molar-refractivity contribution < 1.29 is 4.79 Å². The van der Waals surface area contributed by atoms with Gasteiger partial charge in [0.25, 0.3) is 5.91 Å².